The van der Waals surface area contributed by atoms with E-state index in [1.807, 2.05) is 6.07 Å². The number of hydrogen-bond donors (Lipinski definition) is 1. The van der Waals surface area contributed by atoms with Crippen LogP contribution in [0.5, 0.6) is 0 Å². The van der Waals surface area contributed by atoms with Gasteiger partial charge in [0, 0.05) is 11.8 Å². The highest BCUT2D eigenvalue weighted by Gasteiger charge is 2.19. The summed E-state index contributed by atoms with van der Waals surface area (Å²) in [5.74, 6) is -0.514. The molecule has 11 nitrogen and oxygen atoms in total. The summed E-state index contributed by atoms with van der Waals surface area (Å²) >= 11 is 5.96. The number of carbonyl (C=O) groups excluding carboxylic acids is 1. The fourth-order valence-corrected chi connectivity index (χ4v) is 3.30. The molecule has 158 valence electrons. The van der Waals surface area contributed by atoms with Crippen LogP contribution in [0.15, 0.2) is 59.8 Å². The molecule has 0 saturated heterocycles. The Balaban J connectivity index is 1.62. The van der Waals surface area contributed by atoms with Gasteiger partial charge in [-0.3, -0.25) is 24.3 Å². The van der Waals surface area contributed by atoms with Crippen LogP contribution in [0, 0.1) is 21.4 Å². The molecule has 0 unspecified atom stereocenters. The highest BCUT2D eigenvalue weighted by molar-refractivity contribution is 6.32. The van der Waals surface area contributed by atoms with Gasteiger partial charge >= 0.3 is 0 Å². The van der Waals surface area contributed by atoms with Crippen LogP contribution < -0.4 is 10.9 Å². The summed E-state index contributed by atoms with van der Waals surface area (Å²) in [6, 6.07) is 12.3. The van der Waals surface area contributed by atoms with Crippen LogP contribution >= 0.6 is 11.6 Å². The predicted molar refractivity (Wildman–Crippen MR) is 115 cm³/mol. The molecule has 0 aliphatic carbocycles. The molecule has 0 fully saturated rings. The first-order valence-corrected chi connectivity index (χ1v) is 9.43. The first-order chi connectivity index (χ1) is 15.4. The number of halogens is 1. The number of nitro benzene ring substituents is 1. The van der Waals surface area contributed by atoms with Crippen LogP contribution in [0.2, 0.25) is 5.02 Å². The van der Waals surface area contributed by atoms with E-state index in [9.17, 15) is 19.7 Å². The van der Waals surface area contributed by atoms with E-state index in [1.54, 1.807) is 6.07 Å². The Labute approximate surface area is 184 Å². The number of nitro groups is 1. The number of anilines is 1. The highest BCUT2D eigenvalue weighted by Crippen LogP contribution is 2.24. The number of nitrogens with one attached hydrogen (secondary N) is 1. The SMILES string of the molecule is N#Cc1ccc(NC(=O)Cn2cnc3c(cnn3-c3ccccc3[N+](=O)[O-])c2=O)cc1Cl. The van der Waals surface area contributed by atoms with Gasteiger partial charge in [-0.1, -0.05) is 23.7 Å². The van der Waals surface area contributed by atoms with Gasteiger partial charge in [-0.2, -0.15) is 10.4 Å². The lowest BCUT2D eigenvalue weighted by Gasteiger charge is -2.08. The molecule has 0 aliphatic heterocycles. The van der Waals surface area contributed by atoms with Gasteiger partial charge in [0.05, 0.1) is 21.7 Å². The number of rotatable bonds is 5. The minimum absolute atomic E-state index is 0.0971. The Morgan fingerprint density at radius 2 is 2.06 bits per heavy atom. The molecule has 2 heterocycles. The Bertz CT molecular complexity index is 1490. The summed E-state index contributed by atoms with van der Waals surface area (Å²) in [4.78, 5) is 40.1. The van der Waals surface area contributed by atoms with Crippen molar-refractivity contribution in [2.24, 2.45) is 0 Å². The molecule has 0 spiro atoms. The Kier molecular flexibility index (Phi) is 5.36. The molecule has 0 bridgehead atoms. The summed E-state index contributed by atoms with van der Waals surface area (Å²) < 4.78 is 2.30. The average molecular weight is 450 g/mol. The summed E-state index contributed by atoms with van der Waals surface area (Å²) in [5, 5.41) is 27.2. The molecule has 0 radical (unpaired) electrons. The third-order valence-electron chi connectivity index (χ3n) is 4.55. The number of benzene rings is 2. The maximum absolute atomic E-state index is 12.8. The number of carbonyl (C=O) groups is 1. The van der Waals surface area contributed by atoms with Crippen LogP contribution in [0.25, 0.3) is 16.7 Å². The smallest absolute Gasteiger partial charge is 0.294 e. The van der Waals surface area contributed by atoms with E-state index in [0.29, 0.717) is 5.69 Å². The molecule has 4 aromatic rings. The van der Waals surface area contributed by atoms with Crippen molar-refractivity contribution in [2.45, 2.75) is 6.54 Å². The average Bonchev–Trinajstić information content (AvgIpc) is 3.20. The number of nitriles is 1. The molecule has 32 heavy (non-hydrogen) atoms. The van der Waals surface area contributed by atoms with E-state index in [-0.39, 0.29) is 39.5 Å². The maximum atomic E-state index is 12.8. The monoisotopic (exact) mass is 449 g/mol. The van der Waals surface area contributed by atoms with Crippen molar-refractivity contribution in [1.29, 1.82) is 5.26 Å². The fraction of sp³-hybridized carbons (Fsp3) is 0.0500. The normalized spacial score (nSPS) is 10.6. The third-order valence-corrected chi connectivity index (χ3v) is 4.86. The van der Waals surface area contributed by atoms with E-state index < -0.39 is 16.4 Å². The molecule has 1 amide bonds. The van der Waals surface area contributed by atoms with Crippen LogP contribution in [0.3, 0.4) is 0 Å². The second-order valence-electron chi connectivity index (χ2n) is 6.57. The summed E-state index contributed by atoms with van der Waals surface area (Å²) in [7, 11) is 0. The molecular weight excluding hydrogens is 438 g/mol. The molecule has 0 saturated carbocycles. The lowest BCUT2D eigenvalue weighted by atomic mass is 10.2. The lowest BCUT2D eigenvalue weighted by Crippen LogP contribution is -2.27. The summed E-state index contributed by atoms with van der Waals surface area (Å²) in [6.45, 7) is -0.337. The third kappa shape index (κ3) is 3.78. The first kappa shape index (κ1) is 20.7. The summed E-state index contributed by atoms with van der Waals surface area (Å²) in [6.07, 6.45) is 2.42. The molecular formula is C20H12ClN7O4. The maximum Gasteiger partial charge on any atom is 0.294 e. The largest absolute Gasteiger partial charge is 0.324 e. The van der Waals surface area contributed by atoms with E-state index in [0.717, 1.165) is 4.57 Å². The van der Waals surface area contributed by atoms with Gasteiger partial charge in [0.15, 0.2) is 5.65 Å². The number of amides is 1. The van der Waals surface area contributed by atoms with Gasteiger partial charge < -0.3 is 5.32 Å². The quantitative estimate of drug-likeness (QED) is 0.363. The zero-order chi connectivity index (χ0) is 22.8. The van der Waals surface area contributed by atoms with Gasteiger partial charge in [-0.25, -0.2) is 9.67 Å². The van der Waals surface area contributed by atoms with E-state index in [4.69, 9.17) is 16.9 Å². The molecule has 2 aromatic heterocycles. The van der Waals surface area contributed by atoms with Crippen LogP contribution in [0.4, 0.5) is 11.4 Å². The lowest BCUT2D eigenvalue weighted by molar-refractivity contribution is -0.384. The van der Waals surface area contributed by atoms with Crippen LogP contribution in [-0.2, 0) is 11.3 Å². The molecule has 0 aliphatic rings. The number of para-hydroxylation sites is 2. The predicted octanol–water partition coefficient (Wildman–Crippen LogP) is 2.65. The fourth-order valence-electron chi connectivity index (χ4n) is 3.07. The van der Waals surface area contributed by atoms with Crippen LogP contribution in [0.1, 0.15) is 5.56 Å². The van der Waals surface area contributed by atoms with Gasteiger partial charge in [-0.15, -0.1) is 0 Å². The minimum atomic E-state index is -0.552. The van der Waals surface area contributed by atoms with Crippen molar-refractivity contribution < 1.29 is 9.72 Å². The van der Waals surface area contributed by atoms with Crippen LogP contribution in [-0.4, -0.2) is 30.2 Å². The van der Waals surface area contributed by atoms with Gasteiger partial charge in [0.25, 0.3) is 11.2 Å². The number of hydrogen-bond acceptors (Lipinski definition) is 7. The van der Waals surface area contributed by atoms with Gasteiger partial charge in [0.2, 0.25) is 5.91 Å². The van der Waals surface area contributed by atoms with Crippen molar-refractivity contribution in [2.75, 3.05) is 5.32 Å². The molecule has 1 N–H and O–H groups in total. The van der Waals surface area contributed by atoms with Crippen molar-refractivity contribution in [3.8, 4) is 11.8 Å². The van der Waals surface area contributed by atoms with Crippen molar-refractivity contribution in [3.05, 3.63) is 86.0 Å². The molecule has 2 aromatic carbocycles. The topological polar surface area (TPSA) is 149 Å². The number of fused-ring (bicyclic) bond motifs is 1. The second kappa shape index (κ2) is 8.29. The first-order valence-electron chi connectivity index (χ1n) is 9.05. The summed E-state index contributed by atoms with van der Waals surface area (Å²) in [5.41, 5.74) is 0.195. The molecule has 0 atom stereocenters. The zero-order valence-corrected chi connectivity index (χ0v) is 16.9. The Morgan fingerprint density at radius 1 is 1.28 bits per heavy atom. The minimum Gasteiger partial charge on any atom is -0.324 e. The van der Waals surface area contributed by atoms with Crippen molar-refractivity contribution in [3.63, 3.8) is 0 Å². The van der Waals surface area contributed by atoms with E-state index in [2.05, 4.69) is 15.4 Å². The Morgan fingerprint density at radius 3 is 2.78 bits per heavy atom. The van der Waals surface area contributed by atoms with Crippen molar-refractivity contribution >= 4 is 39.9 Å². The number of aromatic nitrogens is 4. The van der Waals surface area contributed by atoms with Gasteiger partial charge in [-0.05, 0) is 24.3 Å². The number of nitrogens with zero attached hydrogens (tertiary/aromatic N) is 6. The Hall–Kier alpha value is -4.56. The zero-order valence-electron chi connectivity index (χ0n) is 16.1. The molecule has 4 rings (SSSR count). The standard InChI is InChI=1S/C20H12ClN7O4/c21-15-7-13(6-5-12(15)8-22)25-18(29)10-26-11-23-19-14(20(26)30)9-24-27(19)16-3-1-2-4-17(16)28(31)32/h1-7,9,11H,10H2,(H,25,29). The molecule has 12 heteroatoms. The second-order valence-corrected chi connectivity index (χ2v) is 6.98. The highest BCUT2D eigenvalue weighted by atomic mass is 35.5. The van der Waals surface area contributed by atoms with Crippen molar-refractivity contribution in [1.82, 2.24) is 19.3 Å². The van der Waals surface area contributed by atoms with E-state index >= 15 is 0 Å². The van der Waals surface area contributed by atoms with E-state index in [1.165, 1.54) is 53.6 Å². The van der Waals surface area contributed by atoms with Gasteiger partial charge in [0.1, 0.15) is 30.0 Å².